The molecule has 0 N–H and O–H groups in total. The van der Waals surface area contributed by atoms with Crippen LogP contribution in [0.2, 0.25) is 6.04 Å². The van der Waals surface area contributed by atoms with Crippen molar-refractivity contribution in [3.8, 4) is 5.75 Å². The van der Waals surface area contributed by atoms with Gasteiger partial charge in [0.2, 0.25) is 0 Å². The van der Waals surface area contributed by atoms with Crippen molar-refractivity contribution in [3.63, 3.8) is 0 Å². The summed E-state index contributed by atoms with van der Waals surface area (Å²) in [6.45, 7) is 4.09. The van der Waals surface area contributed by atoms with Gasteiger partial charge in [-0.25, -0.2) is 0 Å². The summed E-state index contributed by atoms with van der Waals surface area (Å²) in [5, 5.41) is 0. The molecule has 8 nitrogen and oxygen atoms in total. The summed E-state index contributed by atoms with van der Waals surface area (Å²) in [5.74, 6) is -1.13. The summed E-state index contributed by atoms with van der Waals surface area (Å²) in [4.78, 5) is 34.3. The topological polar surface area (TPSA) is 97.4 Å². The highest BCUT2D eigenvalue weighted by molar-refractivity contribution is 6.65. The monoisotopic (exact) mass is 398 g/mol. The second kappa shape index (κ2) is 8.96. The van der Waals surface area contributed by atoms with E-state index >= 15 is 0 Å². The Labute approximate surface area is 155 Å². The van der Waals surface area contributed by atoms with Crippen LogP contribution >= 0.6 is 0 Å². The lowest BCUT2D eigenvalue weighted by atomic mass is 10.1. The van der Waals surface area contributed by atoms with E-state index in [1.807, 2.05) is 18.2 Å². The summed E-state index contributed by atoms with van der Waals surface area (Å²) >= 11 is 0. The standard InChI is InChI=1S/C16H22O8Si2/c1-11(17)22-26(23-12(2)18,24-13(3)19)8-4-5-14-6-7-16-15(9-14)10-20-25-21-16/h6-7,9H,4-5,8,10,25H2,1-3H3. The van der Waals surface area contributed by atoms with Gasteiger partial charge in [-0.1, -0.05) is 6.07 Å². The van der Waals surface area contributed by atoms with Gasteiger partial charge in [0, 0.05) is 26.3 Å². The van der Waals surface area contributed by atoms with Crippen LogP contribution in [0.15, 0.2) is 18.2 Å². The summed E-state index contributed by atoms with van der Waals surface area (Å²) in [6, 6.07) is 6.01. The molecule has 10 heteroatoms. The average Bonchev–Trinajstić information content (AvgIpc) is 2.52. The number of carbonyl (C=O) groups is 3. The van der Waals surface area contributed by atoms with Crippen molar-refractivity contribution in [3.05, 3.63) is 29.3 Å². The van der Waals surface area contributed by atoms with E-state index in [1.54, 1.807) is 0 Å². The first-order valence-electron chi connectivity index (χ1n) is 8.21. The van der Waals surface area contributed by atoms with Gasteiger partial charge in [0.1, 0.15) is 5.75 Å². The molecule has 0 aromatic heterocycles. The van der Waals surface area contributed by atoms with E-state index < -0.39 is 36.7 Å². The number of carbonyl (C=O) groups excluding carboxylic acids is 3. The molecule has 0 amide bonds. The molecule has 0 bridgehead atoms. The summed E-state index contributed by atoms with van der Waals surface area (Å²) in [5.41, 5.74) is 2.03. The Bertz CT molecular complexity index is 650. The lowest BCUT2D eigenvalue weighted by molar-refractivity contribution is -0.147. The maximum Gasteiger partial charge on any atom is 0.705 e. The predicted molar refractivity (Wildman–Crippen MR) is 94.6 cm³/mol. The van der Waals surface area contributed by atoms with Crippen LogP contribution in [-0.2, 0) is 45.1 Å². The van der Waals surface area contributed by atoms with Crippen molar-refractivity contribution in [2.75, 3.05) is 0 Å². The molecule has 0 radical (unpaired) electrons. The first-order chi connectivity index (χ1) is 12.3. The van der Waals surface area contributed by atoms with Crippen LogP contribution in [0.3, 0.4) is 0 Å². The molecule has 0 atom stereocenters. The van der Waals surface area contributed by atoms with Crippen LogP contribution in [0.4, 0.5) is 0 Å². The molecule has 0 saturated carbocycles. The van der Waals surface area contributed by atoms with Crippen molar-refractivity contribution >= 4 is 36.7 Å². The fourth-order valence-corrected chi connectivity index (χ4v) is 5.83. The molecule has 0 saturated heterocycles. The van der Waals surface area contributed by atoms with Gasteiger partial charge in [0.05, 0.1) is 12.7 Å². The Morgan fingerprint density at radius 1 is 1.08 bits per heavy atom. The predicted octanol–water partition coefficient (Wildman–Crippen LogP) is 1.16. The van der Waals surface area contributed by atoms with Gasteiger partial charge < -0.3 is 22.1 Å². The van der Waals surface area contributed by atoms with E-state index in [-0.39, 0.29) is 6.04 Å². The normalized spacial score (nSPS) is 14.1. The Hall–Kier alpha value is -2.18. The molecular formula is C16H22O8Si2. The maximum absolute atomic E-state index is 11.4. The number of aryl methyl sites for hydroxylation is 1. The second-order valence-electron chi connectivity index (χ2n) is 5.87. The zero-order valence-electron chi connectivity index (χ0n) is 15.0. The number of fused-ring (bicyclic) bond motifs is 1. The lowest BCUT2D eigenvalue weighted by Gasteiger charge is -2.26. The molecule has 26 heavy (non-hydrogen) atoms. The maximum atomic E-state index is 11.4. The average molecular weight is 399 g/mol. The van der Waals surface area contributed by atoms with E-state index in [9.17, 15) is 14.4 Å². The van der Waals surface area contributed by atoms with Gasteiger partial charge in [-0.15, -0.1) is 0 Å². The van der Waals surface area contributed by atoms with Gasteiger partial charge in [-0.05, 0) is 30.5 Å². The summed E-state index contributed by atoms with van der Waals surface area (Å²) in [7, 11) is -4.68. The number of rotatable bonds is 7. The molecule has 0 fully saturated rings. The zero-order valence-corrected chi connectivity index (χ0v) is 17.4. The van der Waals surface area contributed by atoms with Crippen LogP contribution in [0.5, 0.6) is 5.75 Å². The van der Waals surface area contributed by atoms with E-state index in [4.69, 9.17) is 22.1 Å². The van der Waals surface area contributed by atoms with Crippen molar-refractivity contribution in [1.29, 1.82) is 0 Å². The summed E-state index contributed by atoms with van der Waals surface area (Å²) < 4.78 is 26.4. The van der Waals surface area contributed by atoms with Crippen molar-refractivity contribution in [1.82, 2.24) is 0 Å². The molecule has 1 aliphatic rings. The fourth-order valence-electron chi connectivity index (χ4n) is 2.68. The molecule has 2 rings (SSSR count). The third-order valence-corrected chi connectivity index (χ3v) is 7.09. The van der Waals surface area contributed by atoms with Crippen LogP contribution < -0.4 is 4.43 Å². The molecule has 0 spiro atoms. The molecule has 142 valence electrons. The van der Waals surface area contributed by atoms with Crippen molar-refractivity contribution in [2.24, 2.45) is 0 Å². The number of hydrogen-bond acceptors (Lipinski definition) is 8. The number of hydrogen-bond donors (Lipinski definition) is 0. The minimum atomic E-state index is -3.76. The minimum absolute atomic E-state index is 0.155. The SMILES string of the molecule is CC(=O)O[Si](CCCc1ccc2c(c1)CO[SiH2]O2)(OC(C)=O)OC(C)=O. The second-order valence-corrected chi connectivity index (χ2v) is 9.28. The van der Waals surface area contributed by atoms with E-state index in [1.165, 1.54) is 20.8 Å². The minimum Gasteiger partial charge on any atom is -0.524 e. The highest BCUT2D eigenvalue weighted by Crippen LogP contribution is 2.26. The third-order valence-electron chi connectivity index (χ3n) is 3.53. The largest absolute Gasteiger partial charge is 0.705 e. The summed E-state index contributed by atoms with van der Waals surface area (Å²) in [6.07, 6.45) is 1.14. The quantitative estimate of drug-likeness (QED) is 0.631. The van der Waals surface area contributed by atoms with Crippen molar-refractivity contribution < 1.29 is 36.5 Å². The van der Waals surface area contributed by atoms with Crippen LogP contribution in [0, 0.1) is 0 Å². The highest BCUT2D eigenvalue weighted by Gasteiger charge is 2.51. The van der Waals surface area contributed by atoms with Crippen LogP contribution in [0.1, 0.15) is 38.3 Å². The van der Waals surface area contributed by atoms with Gasteiger partial charge in [-0.2, -0.15) is 0 Å². The Morgan fingerprint density at radius 3 is 2.27 bits per heavy atom. The van der Waals surface area contributed by atoms with E-state index in [0.29, 0.717) is 19.4 Å². The molecule has 1 aliphatic heterocycles. The first kappa shape index (κ1) is 20.1. The van der Waals surface area contributed by atoms with Gasteiger partial charge in [0.25, 0.3) is 17.9 Å². The third kappa shape index (κ3) is 5.97. The number of benzene rings is 1. The van der Waals surface area contributed by atoms with Gasteiger partial charge in [-0.3, -0.25) is 14.4 Å². The van der Waals surface area contributed by atoms with E-state index in [0.717, 1.165) is 16.9 Å². The Kier molecular flexibility index (Phi) is 6.94. The molecule has 0 aliphatic carbocycles. The van der Waals surface area contributed by atoms with Crippen LogP contribution in [0.25, 0.3) is 0 Å². The van der Waals surface area contributed by atoms with Gasteiger partial charge >= 0.3 is 18.8 Å². The molecular weight excluding hydrogens is 376 g/mol. The molecule has 1 aromatic rings. The highest BCUT2D eigenvalue weighted by atomic mass is 28.4. The molecule has 1 aromatic carbocycles. The van der Waals surface area contributed by atoms with Gasteiger partial charge in [0.15, 0.2) is 0 Å². The van der Waals surface area contributed by atoms with E-state index in [2.05, 4.69) is 0 Å². The zero-order chi connectivity index (χ0) is 19.2. The van der Waals surface area contributed by atoms with Crippen molar-refractivity contribution in [2.45, 2.75) is 46.3 Å². The fraction of sp³-hybridized carbons (Fsp3) is 0.438. The lowest BCUT2D eigenvalue weighted by Crippen LogP contribution is -2.49. The van der Waals surface area contributed by atoms with Crippen LogP contribution in [-0.4, -0.2) is 36.7 Å². The smallest absolute Gasteiger partial charge is 0.524 e. The Morgan fingerprint density at radius 2 is 1.69 bits per heavy atom. The molecule has 1 heterocycles. The Balaban J connectivity index is 2.06. The first-order valence-corrected chi connectivity index (χ1v) is 11.3. The molecule has 0 unspecified atom stereocenters.